The summed E-state index contributed by atoms with van der Waals surface area (Å²) in [5, 5.41) is 3.25. The van der Waals surface area contributed by atoms with Gasteiger partial charge in [-0.1, -0.05) is 19.3 Å². The van der Waals surface area contributed by atoms with Crippen LogP contribution in [0.3, 0.4) is 0 Å². The summed E-state index contributed by atoms with van der Waals surface area (Å²) in [5.41, 5.74) is 1.99. The van der Waals surface area contributed by atoms with Gasteiger partial charge < -0.3 is 14.8 Å². The molecule has 0 radical (unpaired) electrons. The number of fused-ring (bicyclic) bond motifs is 1. The lowest BCUT2D eigenvalue weighted by atomic mass is 9.79. The second kappa shape index (κ2) is 7.57. The Morgan fingerprint density at radius 1 is 1.23 bits per heavy atom. The van der Waals surface area contributed by atoms with Crippen molar-refractivity contribution in [2.75, 3.05) is 32.8 Å². The van der Waals surface area contributed by atoms with E-state index in [1.807, 2.05) is 18.2 Å². The van der Waals surface area contributed by atoms with Crippen molar-refractivity contribution < 1.29 is 14.3 Å². The molecule has 2 aliphatic heterocycles. The smallest absolute Gasteiger partial charge is 0.251 e. The molecule has 1 N–H and O–H groups in total. The first-order valence-electron chi connectivity index (χ1n) is 10.1. The summed E-state index contributed by atoms with van der Waals surface area (Å²) in [7, 11) is 0. The lowest BCUT2D eigenvalue weighted by Gasteiger charge is -2.48. The van der Waals surface area contributed by atoms with E-state index in [2.05, 4.69) is 17.1 Å². The Kier molecular flexibility index (Phi) is 5.18. The van der Waals surface area contributed by atoms with Crippen molar-refractivity contribution in [3.8, 4) is 5.75 Å². The highest BCUT2D eigenvalue weighted by molar-refractivity contribution is 5.94. The summed E-state index contributed by atoms with van der Waals surface area (Å²) in [5.74, 6) is 0.955. The van der Waals surface area contributed by atoms with Crippen molar-refractivity contribution in [1.82, 2.24) is 10.2 Å². The van der Waals surface area contributed by atoms with Crippen LogP contribution in [0.4, 0.5) is 0 Å². The molecule has 5 nitrogen and oxygen atoms in total. The molecule has 26 heavy (non-hydrogen) atoms. The normalized spacial score (nSPS) is 25.3. The fourth-order valence-corrected chi connectivity index (χ4v) is 4.76. The molecule has 1 aliphatic carbocycles. The van der Waals surface area contributed by atoms with E-state index in [0.29, 0.717) is 0 Å². The molecule has 2 fully saturated rings. The number of nitrogens with zero attached hydrogens (tertiary/aromatic N) is 1. The summed E-state index contributed by atoms with van der Waals surface area (Å²) in [6, 6.07) is 5.82. The Morgan fingerprint density at radius 2 is 2.00 bits per heavy atom. The lowest BCUT2D eigenvalue weighted by Crippen LogP contribution is -2.59. The number of carbonyl (C=O) groups excluding carboxylic acids is 1. The quantitative estimate of drug-likeness (QED) is 0.899. The first-order valence-corrected chi connectivity index (χ1v) is 10.1. The Labute approximate surface area is 156 Å². The number of hydrogen-bond acceptors (Lipinski definition) is 4. The zero-order chi connectivity index (χ0) is 18.0. The number of ether oxygens (including phenoxy) is 2. The highest BCUT2D eigenvalue weighted by Gasteiger charge is 2.38. The molecule has 2 heterocycles. The second-order valence-corrected chi connectivity index (χ2v) is 8.02. The van der Waals surface area contributed by atoms with Gasteiger partial charge in [-0.2, -0.15) is 0 Å². The molecule has 1 aromatic rings. The Balaban J connectivity index is 1.44. The van der Waals surface area contributed by atoms with Crippen molar-refractivity contribution in [2.24, 2.45) is 0 Å². The zero-order valence-corrected chi connectivity index (χ0v) is 15.8. The molecule has 1 saturated heterocycles. The maximum absolute atomic E-state index is 12.8. The van der Waals surface area contributed by atoms with Gasteiger partial charge in [-0.05, 0) is 43.5 Å². The topological polar surface area (TPSA) is 50.8 Å². The number of benzene rings is 1. The van der Waals surface area contributed by atoms with E-state index in [1.54, 1.807) is 0 Å². The van der Waals surface area contributed by atoms with Crippen molar-refractivity contribution >= 4 is 5.91 Å². The summed E-state index contributed by atoms with van der Waals surface area (Å²) in [6.07, 6.45) is 7.24. The number of morpholine rings is 1. The van der Waals surface area contributed by atoms with Gasteiger partial charge in [0.25, 0.3) is 5.91 Å². The van der Waals surface area contributed by atoms with E-state index >= 15 is 0 Å². The van der Waals surface area contributed by atoms with Crippen molar-refractivity contribution in [3.63, 3.8) is 0 Å². The number of carbonyl (C=O) groups is 1. The molecule has 1 amide bonds. The summed E-state index contributed by atoms with van der Waals surface area (Å²) in [4.78, 5) is 15.4. The molecule has 3 aliphatic rings. The van der Waals surface area contributed by atoms with Gasteiger partial charge >= 0.3 is 0 Å². The molecule has 0 aromatic heterocycles. The van der Waals surface area contributed by atoms with Gasteiger partial charge in [0.05, 0.1) is 13.2 Å². The van der Waals surface area contributed by atoms with Crippen molar-refractivity contribution in [3.05, 3.63) is 29.3 Å². The molecule has 0 bridgehead atoms. The first kappa shape index (κ1) is 17.8. The van der Waals surface area contributed by atoms with Crippen LogP contribution in [-0.4, -0.2) is 55.3 Å². The third-order valence-corrected chi connectivity index (χ3v) is 6.20. The average Bonchev–Trinajstić information content (AvgIpc) is 3.06. The predicted octanol–water partition coefficient (Wildman–Crippen LogP) is 2.77. The van der Waals surface area contributed by atoms with Crippen molar-refractivity contribution in [2.45, 2.75) is 57.1 Å². The van der Waals surface area contributed by atoms with Crippen LogP contribution in [-0.2, 0) is 11.2 Å². The SMILES string of the molecule is C[C@H]1Cc2cc(C(=O)NCC3(N4CCOCC4)CCCCC3)ccc2O1. The molecule has 5 heteroatoms. The molecule has 142 valence electrons. The van der Waals surface area contributed by atoms with Gasteiger partial charge in [-0.15, -0.1) is 0 Å². The number of hydrogen-bond donors (Lipinski definition) is 1. The Morgan fingerprint density at radius 3 is 2.77 bits per heavy atom. The van der Waals surface area contributed by atoms with Gasteiger partial charge in [0, 0.05) is 37.2 Å². The third-order valence-electron chi connectivity index (χ3n) is 6.20. The molecular weight excluding hydrogens is 328 g/mol. The largest absolute Gasteiger partial charge is 0.490 e. The van der Waals surface area contributed by atoms with Crippen LogP contribution in [0.5, 0.6) is 5.75 Å². The van der Waals surface area contributed by atoms with Gasteiger partial charge in [0.1, 0.15) is 11.9 Å². The number of rotatable bonds is 4. The molecule has 0 unspecified atom stereocenters. The van der Waals surface area contributed by atoms with Gasteiger partial charge in [-0.25, -0.2) is 0 Å². The second-order valence-electron chi connectivity index (χ2n) is 8.02. The number of amides is 1. The van der Waals surface area contributed by atoms with Gasteiger partial charge in [0.15, 0.2) is 0 Å². The van der Waals surface area contributed by atoms with Crippen LogP contribution < -0.4 is 10.1 Å². The van der Waals surface area contributed by atoms with E-state index in [0.717, 1.165) is 56.1 Å². The summed E-state index contributed by atoms with van der Waals surface area (Å²) < 4.78 is 11.3. The highest BCUT2D eigenvalue weighted by Crippen LogP contribution is 2.34. The molecule has 1 aromatic carbocycles. The maximum atomic E-state index is 12.8. The first-order chi connectivity index (χ1) is 12.7. The summed E-state index contributed by atoms with van der Waals surface area (Å²) >= 11 is 0. The lowest BCUT2D eigenvalue weighted by molar-refractivity contribution is -0.0361. The molecule has 1 atom stereocenters. The third kappa shape index (κ3) is 3.60. The molecular formula is C21H30N2O3. The standard InChI is InChI=1S/C21H30N2O3/c1-16-13-18-14-17(5-6-19(18)26-16)20(24)22-15-21(7-3-2-4-8-21)23-9-11-25-12-10-23/h5-6,14,16H,2-4,7-13,15H2,1H3,(H,22,24)/t16-/m0/s1. The van der Waals surface area contributed by atoms with Gasteiger partial charge in [-0.3, -0.25) is 9.69 Å². The maximum Gasteiger partial charge on any atom is 0.251 e. The van der Waals surface area contributed by atoms with Crippen molar-refractivity contribution in [1.29, 1.82) is 0 Å². The van der Waals surface area contributed by atoms with Gasteiger partial charge in [0.2, 0.25) is 0 Å². The zero-order valence-electron chi connectivity index (χ0n) is 15.8. The highest BCUT2D eigenvalue weighted by atomic mass is 16.5. The van der Waals surface area contributed by atoms with Crippen LogP contribution in [0.25, 0.3) is 0 Å². The fraction of sp³-hybridized carbons (Fsp3) is 0.667. The van der Waals surface area contributed by atoms with E-state index in [-0.39, 0.29) is 17.6 Å². The summed E-state index contributed by atoms with van der Waals surface area (Å²) in [6.45, 7) is 6.36. The van der Waals surface area contributed by atoms with E-state index in [1.165, 1.54) is 32.1 Å². The average molecular weight is 358 g/mol. The Hall–Kier alpha value is -1.59. The monoisotopic (exact) mass is 358 g/mol. The number of nitrogens with one attached hydrogen (secondary N) is 1. The molecule has 4 rings (SSSR count). The van der Waals surface area contributed by atoms with E-state index in [9.17, 15) is 4.79 Å². The minimum Gasteiger partial charge on any atom is -0.490 e. The minimum absolute atomic E-state index is 0.0329. The van der Waals surface area contributed by atoms with Crippen LogP contribution in [0.1, 0.15) is 54.9 Å². The minimum atomic E-state index is 0.0329. The van der Waals surface area contributed by atoms with Crippen LogP contribution in [0.15, 0.2) is 18.2 Å². The molecule has 0 spiro atoms. The van der Waals surface area contributed by atoms with Crippen LogP contribution in [0.2, 0.25) is 0 Å². The predicted molar refractivity (Wildman–Crippen MR) is 101 cm³/mol. The van der Waals surface area contributed by atoms with E-state index in [4.69, 9.17) is 9.47 Å². The van der Waals surface area contributed by atoms with Crippen LogP contribution >= 0.6 is 0 Å². The van der Waals surface area contributed by atoms with Crippen LogP contribution in [0, 0.1) is 0 Å². The Bertz CT molecular complexity index is 649. The fourth-order valence-electron chi connectivity index (χ4n) is 4.76. The molecule has 1 saturated carbocycles. The van der Waals surface area contributed by atoms with E-state index < -0.39 is 0 Å².